The number of aromatic nitrogens is 4. The molecule has 36 heavy (non-hydrogen) atoms. The lowest BCUT2D eigenvalue weighted by Gasteiger charge is -2.24. The van der Waals surface area contributed by atoms with Crippen molar-refractivity contribution >= 4 is 34.2 Å². The summed E-state index contributed by atoms with van der Waals surface area (Å²) < 4.78 is 16.0. The van der Waals surface area contributed by atoms with Crippen LogP contribution in [-0.4, -0.2) is 61.0 Å². The molecule has 1 aromatic carbocycles. The molecule has 5 rings (SSSR count). The number of benzene rings is 1. The number of nitrogens with zero attached hydrogens (tertiary/aromatic N) is 5. The zero-order valence-electron chi connectivity index (χ0n) is 19.5. The number of anilines is 1. The number of pyridine rings is 1. The van der Waals surface area contributed by atoms with E-state index in [0.29, 0.717) is 22.2 Å². The minimum atomic E-state index is -1.30. The maximum Gasteiger partial charge on any atom is 0.247 e. The predicted molar refractivity (Wildman–Crippen MR) is 131 cm³/mol. The molecular formula is C26H23FN6O3. The average Bonchev–Trinajstić information content (AvgIpc) is 3.46. The third-order valence-electron chi connectivity index (χ3n) is 6.29. The lowest BCUT2D eigenvalue weighted by atomic mass is 10.0. The summed E-state index contributed by atoms with van der Waals surface area (Å²) in [7, 11) is 0. The van der Waals surface area contributed by atoms with E-state index in [1.807, 2.05) is 24.3 Å². The standard InChI is InChI=1S/C26H23FN6O3/c1-16(34)22-14-32(23-5-4-17(9-21(22)23)18-6-8-29-30-11-18)15-25(35)33-13-19(27)10-24(33)26(36)31-20-3-2-7-28-12-20/h2-9,11-12,14,19,24H,10,13,15H2,1H3,(H,31,36). The zero-order chi connectivity index (χ0) is 25.2. The molecule has 0 aliphatic carbocycles. The van der Waals surface area contributed by atoms with Gasteiger partial charge in [-0.2, -0.15) is 10.2 Å². The van der Waals surface area contributed by atoms with Gasteiger partial charge in [-0.15, -0.1) is 0 Å². The summed E-state index contributed by atoms with van der Waals surface area (Å²) in [5, 5.41) is 11.1. The first-order valence-electron chi connectivity index (χ1n) is 11.5. The van der Waals surface area contributed by atoms with E-state index in [0.717, 1.165) is 11.1 Å². The summed E-state index contributed by atoms with van der Waals surface area (Å²) in [5.74, 6) is -1.01. The number of likely N-dealkylation sites (tertiary alicyclic amines) is 1. The average molecular weight is 487 g/mol. The summed E-state index contributed by atoms with van der Waals surface area (Å²) in [5.41, 5.74) is 3.33. The van der Waals surface area contributed by atoms with Gasteiger partial charge in [0.05, 0.1) is 30.8 Å². The van der Waals surface area contributed by atoms with Crippen LogP contribution in [0.3, 0.4) is 0 Å². The number of fused-ring (bicyclic) bond motifs is 1. The second-order valence-electron chi connectivity index (χ2n) is 8.72. The molecule has 1 N–H and O–H groups in total. The van der Waals surface area contributed by atoms with Crippen LogP contribution < -0.4 is 5.32 Å². The van der Waals surface area contributed by atoms with Gasteiger partial charge in [0.1, 0.15) is 18.8 Å². The van der Waals surface area contributed by atoms with Crippen LogP contribution in [0.25, 0.3) is 22.0 Å². The van der Waals surface area contributed by atoms with E-state index in [1.54, 1.807) is 41.5 Å². The Morgan fingerprint density at radius 3 is 2.67 bits per heavy atom. The van der Waals surface area contributed by atoms with Gasteiger partial charge in [-0.3, -0.25) is 19.4 Å². The van der Waals surface area contributed by atoms with Crippen molar-refractivity contribution in [2.45, 2.75) is 32.1 Å². The first-order chi connectivity index (χ1) is 17.4. The van der Waals surface area contributed by atoms with Crippen molar-refractivity contribution in [2.75, 3.05) is 11.9 Å². The first-order valence-corrected chi connectivity index (χ1v) is 11.5. The van der Waals surface area contributed by atoms with Crippen LogP contribution in [-0.2, 0) is 16.1 Å². The largest absolute Gasteiger partial charge is 0.337 e. The Labute approximate surface area is 206 Å². The van der Waals surface area contributed by atoms with E-state index in [1.165, 1.54) is 18.0 Å². The molecule has 4 aromatic rings. The van der Waals surface area contributed by atoms with Gasteiger partial charge in [-0.25, -0.2) is 4.39 Å². The molecule has 0 radical (unpaired) electrons. The van der Waals surface area contributed by atoms with Crippen molar-refractivity contribution in [3.05, 3.63) is 72.9 Å². The smallest absolute Gasteiger partial charge is 0.247 e. The van der Waals surface area contributed by atoms with E-state index in [2.05, 4.69) is 20.5 Å². The van der Waals surface area contributed by atoms with E-state index >= 15 is 0 Å². The fourth-order valence-corrected chi connectivity index (χ4v) is 4.56. The SMILES string of the molecule is CC(=O)c1cn(CC(=O)N2CC(F)CC2C(=O)Nc2cccnc2)c2ccc(-c3ccnnc3)cc12. The van der Waals surface area contributed by atoms with E-state index in [9.17, 15) is 18.8 Å². The van der Waals surface area contributed by atoms with Crippen LogP contribution in [0.1, 0.15) is 23.7 Å². The molecule has 182 valence electrons. The number of halogens is 1. The quantitative estimate of drug-likeness (QED) is 0.419. The lowest BCUT2D eigenvalue weighted by molar-refractivity contribution is -0.137. The summed E-state index contributed by atoms with van der Waals surface area (Å²) >= 11 is 0. The molecule has 0 spiro atoms. The first kappa shape index (κ1) is 23.3. The van der Waals surface area contributed by atoms with E-state index < -0.39 is 24.0 Å². The van der Waals surface area contributed by atoms with Crippen molar-refractivity contribution < 1.29 is 18.8 Å². The number of alkyl halides is 1. The zero-order valence-corrected chi connectivity index (χ0v) is 19.5. The minimum Gasteiger partial charge on any atom is -0.337 e. The molecule has 3 aromatic heterocycles. The molecule has 10 heteroatoms. The molecule has 1 saturated heterocycles. The maximum absolute atomic E-state index is 14.3. The summed E-state index contributed by atoms with van der Waals surface area (Å²) in [6.45, 7) is 1.17. The number of carbonyl (C=O) groups is 3. The molecule has 0 bridgehead atoms. The highest BCUT2D eigenvalue weighted by Crippen LogP contribution is 2.29. The fourth-order valence-electron chi connectivity index (χ4n) is 4.56. The second kappa shape index (κ2) is 9.65. The van der Waals surface area contributed by atoms with E-state index in [-0.39, 0.29) is 25.3 Å². The molecule has 2 unspecified atom stereocenters. The van der Waals surface area contributed by atoms with Crippen LogP contribution in [0.5, 0.6) is 0 Å². The molecule has 1 aliphatic rings. The fraction of sp³-hybridized carbons (Fsp3) is 0.231. The third-order valence-corrected chi connectivity index (χ3v) is 6.29. The van der Waals surface area contributed by atoms with Gasteiger partial charge < -0.3 is 14.8 Å². The van der Waals surface area contributed by atoms with Crippen molar-refractivity contribution in [3.63, 3.8) is 0 Å². The second-order valence-corrected chi connectivity index (χ2v) is 8.72. The Hall–Kier alpha value is -4.47. The topological polar surface area (TPSA) is 110 Å². The molecule has 2 amide bonds. The number of nitrogens with one attached hydrogen (secondary N) is 1. The van der Waals surface area contributed by atoms with Gasteiger partial charge in [0.25, 0.3) is 0 Å². The van der Waals surface area contributed by atoms with Crippen LogP contribution in [0.15, 0.2) is 67.4 Å². The minimum absolute atomic E-state index is 0.0771. The van der Waals surface area contributed by atoms with Crippen LogP contribution >= 0.6 is 0 Å². The summed E-state index contributed by atoms with van der Waals surface area (Å²) in [6, 6.07) is 9.81. The molecule has 1 fully saturated rings. The highest BCUT2D eigenvalue weighted by Gasteiger charge is 2.40. The van der Waals surface area contributed by atoms with Gasteiger partial charge in [0.15, 0.2) is 5.78 Å². The van der Waals surface area contributed by atoms with Crippen LogP contribution in [0.2, 0.25) is 0 Å². The predicted octanol–water partition coefficient (Wildman–Crippen LogP) is 3.27. The molecule has 4 heterocycles. The Bertz CT molecular complexity index is 1440. The Balaban J connectivity index is 1.41. The Kier molecular flexibility index (Phi) is 6.24. The van der Waals surface area contributed by atoms with Gasteiger partial charge in [-0.05, 0) is 42.8 Å². The number of Topliss-reactive ketones (excluding diaryl/α,β-unsaturated/α-hetero) is 1. The van der Waals surface area contributed by atoms with Crippen molar-refractivity contribution in [1.29, 1.82) is 0 Å². The molecule has 0 saturated carbocycles. The Morgan fingerprint density at radius 2 is 1.94 bits per heavy atom. The number of amides is 2. The molecule has 2 atom stereocenters. The van der Waals surface area contributed by atoms with Crippen LogP contribution in [0.4, 0.5) is 10.1 Å². The van der Waals surface area contributed by atoms with Crippen LogP contribution in [0, 0.1) is 0 Å². The number of hydrogen-bond acceptors (Lipinski definition) is 6. The van der Waals surface area contributed by atoms with Gasteiger partial charge in [-0.1, -0.05) is 6.07 Å². The monoisotopic (exact) mass is 486 g/mol. The summed E-state index contributed by atoms with van der Waals surface area (Å²) in [4.78, 5) is 43.7. The normalized spacial score (nSPS) is 17.3. The van der Waals surface area contributed by atoms with Gasteiger partial charge >= 0.3 is 0 Å². The lowest BCUT2D eigenvalue weighted by Crippen LogP contribution is -2.44. The highest BCUT2D eigenvalue weighted by molar-refractivity contribution is 6.08. The number of hydrogen-bond donors (Lipinski definition) is 1. The molecular weight excluding hydrogens is 463 g/mol. The summed E-state index contributed by atoms with van der Waals surface area (Å²) in [6.07, 6.45) is 6.53. The maximum atomic E-state index is 14.3. The Morgan fingerprint density at radius 1 is 1.08 bits per heavy atom. The number of rotatable bonds is 6. The van der Waals surface area contributed by atoms with Gasteiger partial charge in [0, 0.05) is 40.8 Å². The van der Waals surface area contributed by atoms with Crippen molar-refractivity contribution in [1.82, 2.24) is 24.6 Å². The molecule has 1 aliphatic heterocycles. The van der Waals surface area contributed by atoms with Crippen molar-refractivity contribution in [2.24, 2.45) is 0 Å². The number of ketones is 1. The van der Waals surface area contributed by atoms with E-state index in [4.69, 9.17) is 0 Å². The third kappa shape index (κ3) is 4.57. The molecule has 9 nitrogen and oxygen atoms in total. The van der Waals surface area contributed by atoms with Crippen molar-refractivity contribution in [3.8, 4) is 11.1 Å². The highest BCUT2D eigenvalue weighted by atomic mass is 19.1. The van der Waals surface area contributed by atoms with Gasteiger partial charge in [0.2, 0.25) is 11.8 Å². The number of carbonyl (C=O) groups excluding carboxylic acids is 3.